The highest BCUT2D eigenvalue weighted by atomic mass is 16.2. The van der Waals surface area contributed by atoms with E-state index in [1.54, 1.807) is 6.20 Å². The quantitative estimate of drug-likeness (QED) is 0.790. The number of H-pyrrole nitrogens is 1. The molecule has 0 spiro atoms. The minimum absolute atomic E-state index is 0.0227. The second-order valence-electron chi connectivity index (χ2n) is 6.22. The summed E-state index contributed by atoms with van der Waals surface area (Å²) in [6.07, 6.45) is 3.72. The van der Waals surface area contributed by atoms with Crippen molar-refractivity contribution in [3.8, 4) is 0 Å². The molecule has 1 aromatic carbocycles. The highest BCUT2D eigenvalue weighted by molar-refractivity contribution is 5.94. The van der Waals surface area contributed by atoms with E-state index in [1.807, 2.05) is 30.2 Å². The van der Waals surface area contributed by atoms with Gasteiger partial charge in [-0.3, -0.25) is 9.78 Å². The van der Waals surface area contributed by atoms with Gasteiger partial charge in [0.2, 0.25) is 0 Å². The number of hydrogen-bond donors (Lipinski definition) is 1. The van der Waals surface area contributed by atoms with Gasteiger partial charge in [0.25, 0.3) is 5.91 Å². The Morgan fingerprint density at radius 1 is 1.08 bits per heavy atom. The van der Waals surface area contributed by atoms with Gasteiger partial charge < -0.3 is 14.8 Å². The van der Waals surface area contributed by atoms with Gasteiger partial charge in [0.05, 0.1) is 0 Å². The lowest BCUT2D eigenvalue weighted by Crippen LogP contribution is -2.49. The number of amides is 1. The first-order valence-electron chi connectivity index (χ1n) is 8.25. The van der Waals surface area contributed by atoms with Crippen molar-refractivity contribution < 1.29 is 4.79 Å². The summed E-state index contributed by atoms with van der Waals surface area (Å²) >= 11 is 0. The van der Waals surface area contributed by atoms with Crippen LogP contribution in [0.3, 0.4) is 0 Å². The van der Waals surface area contributed by atoms with Gasteiger partial charge in [-0.2, -0.15) is 0 Å². The Bertz CT molecular complexity index is 860. The second kappa shape index (κ2) is 6.00. The van der Waals surface area contributed by atoms with Crippen LogP contribution < -0.4 is 4.90 Å². The van der Waals surface area contributed by atoms with Crippen LogP contribution in [0.1, 0.15) is 16.1 Å². The summed E-state index contributed by atoms with van der Waals surface area (Å²) in [4.78, 5) is 24.3. The number of anilines is 1. The molecule has 1 aliphatic rings. The molecule has 0 atom stereocenters. The Morgan fingerprint density at radius 2 is 1.92 bits per heavy atom. The molecule has 4 rings (SSSR count). The van der Waals surface area contributed by atoms with E-state index in [2.05, 4.69) is 39.1 Å². The van der Waals surface area contributed by atoms with Crippen molar-refractivity contribution in [2.45, 2.75) is 6.92 Å². The smallest absolute Gasteiger partial charge is 0.272 e. The summed E-state index contributed by atoms with van der Waals surface area (Å²) in [5, 5.41) is 1.23. The van der Waals surface area contributed by atoms with Gasteiger partial charge in [-0.1, -0.05) is 12.1 Å². The van der Waals surface area contributed by atoms with E-state index >= 15 is 0 Å². The lowest BCUT2D eigenvalue weighted by atomic mass is 10.1. The van der Waals surface area contributed by atoms with Crippen molar-refractivity contribution in [1.82, 2.24) is 14.9 Å². The summed E-state index contributed by atoms with van der Waals surface area (Å²) in [7, 11) is 0. The molecular formula is C19H20N4O. The lowest BCUT2D eigenvalue weighted by Gasteiger charge is -2.36. The van der Waals surface area contributed by atoms with Crippen molar-refractivity contribution in [2.24, 2.45) is 0 Å². The monoisotopic (exact) mass is 320 g/mol. The Labute approximate surface area is 140 Å². The van der Waals surface area contributed by atoms with E-state index in [0.717, 1.165) is 37.3 Å². The van der Waals surface area contributed by atoms with Crippen molar-refractivity contribution in [3.63, 3.8) is 0 Å². The Kier molecular flexibility index (Phi) is 3.69. The summed E-state index contributed by atoms with van der Waals surface area (Å²) in [6.45, 7) is 5.08. The molecule has 1 N–H and O–H groups in total. The molecule has 5 nitrogen and oxygen atoms in total. The van der Waals surface area contributed by atoms with Gasteiger partial charge in [-0.25, -0.2) is 0 Å². The number of hydrogen-bond acceptors (Lipinski definition) is 3. The molecule has 3 heterocycles. The third kappa shape index (κ3) is 2.62. The zero-order chi connectivity index (χ0) is 16.5. The normalized spacial score (nSPS) is 15.0. The fourth-order valence-corrected chi connectivity index (χ4v) is 3.25. The second-order valence-corrected chi connectivity index (χ2v) is 6.22. The van der Waals surface area contributed by atoms with Gasteiger partial charge in [-0.05, 0) is 36.8 Å². The summed E-state index contributed by atoms with van der Waals surface area (Å²) in [6, 6.07) is 12.2. The number of aryl methyl sites for hydroxylation is 1. The average molecular weight is 320 g/mol. The predicted octanol–water partition coefficient (Wildman–Crippen LogP) is 2.83. The molecule has 1 fully saturated rings. The average Bonchev–Trinajstić information content (AvgIpc) is 3.11. The van der Waals surface area contributed by atoms with E-state index in [9.17, 15) is 4.79 Å². The van der Waals surface area contributed by atoms with Crippen LogP contribution in [0, 0.1) is 6.92 Å². The van der Waals surface area contributed by atoms with E-state index in [4.69, 9.17) is 0 Å². The van der Waals surface area contributed by atoms with E-state index in [0.29, 0.717) is 5.69 Å². The highest BCUT2D eigenvalue weighted by Gasteiger charge is 2.23. The minimum atomic E-state index is 0.0227. The first-order chi connectivity index (χ1) is 11.7. The maximum Gasteiger partial charge on any atom is 0.272 e. The molecule has 3 aromatic rings. The largest absolute Gasteiger partial charge is 0.367 e. The fraction of sp³-hybridized carbons (Fsp3) is 0.263. The molecule has 0 aliphatic carbocycles. The number of aromatic amines is 1. The van der Waals surface area contributed by atoms with Gasteiger partial charge in [0.15, 0.2) is 0 Å². The van der Waals surface area contributed by atoms with Crippen LogP contribution in [0.2, 0.25) is 0 Å². The molecule has 0 radical (unpaired) electrons. The Balaban J connectivity index is 1.48. The fourth-order valence-electron chi connectivity index (χ4n) is 3.25. The third-order valence-electron chi connectivity index (χ3n) is 4.61. The molecule has 0 bridgehead atoms. The number of nitrogens with zero attached hydrogens (tertiary/aromatic N) is 3. The van der Waals surface area contributed by atoms with Gasteiger partial charge in [0.1, 0.15) is 5.69 Å². The summed E-state index contributed by atoms with van der Waals surface area (Å²) in [5.74, 6) is 0.0227. The molecule has 1 aliphatic heterocycles. The van der Waals surface area contributed by atoms with E-state index < -0.39 is 0 Å². The number of aromatic nitrogens is 2. The standard InChI is InChI=1S/C19H20N4O/c1-14-5-6-17(21-13-14)19(24)23-11-9-22(10-12-23)18-4-2-3-16-15(18)7-8-20-16/h2-8,13,20H,9-12H2,1H3. The first kappa shape index (κ1) is 14.8. The van der Waals surface area contributed by atoms with E-state index in [1.165, 1.54) is 11.1 Å². The van der Waals surface area contributed by atoms with Crippen LogP contribution in [0.15, 0.2) is 48.8 Å². The topological polar surface area (TPSA) is 52.2 Å². The number of carbonyl (C=O) groups excluding carboxylic acids is 1. The molecule has 122 valence electrons. The predicted molar refractivity (Wildman–Crippen MR) is 95.4 cm³/mol. The summed E-state index contributed by atoms with van der Waals surface area (Å²) < 4.78 is 0. The summed E-state index contributed by atoms with van der Waals surface area (Å²) in [5.41, 5.74) is 3.97. The van der Waals surface area contributed by atoms with Crippen LogP contribution in [0.4, 0.5) is 5.69 Å². The van der Waals surface area contributed by atoms with Gasteiger partial charge in [-0.15, -0.1) is 0 Å². The van der Waals surface area contributed by atoms with Crippen LogP contribution in [-0.2, 0) is 0 Å². The van der Waals surface area contributed by atoms with Gasteiger partial charge in [0, 0.05) is 55.2 Å². The van der Waals surface area contributed by atoms with Crippen LogP contribution >= 0.6 is 0 Å². The first-order valence-corrected chi connectivity index (χ1v) is 8.25. The number of fused-ring (bicyclic) bond motifs is 1. The molecule has 0 unspecified atom stereocenters. The molecule has 5 heteroatoms. The van der Waals surface area contributed by atoms with Crippen LogP contribution in [0.5, 0.6) is 0 Å². The number of benzene rings is 1. The Hall–Kier alpha value is -2.82. The molecule has 1 amide bonds. The SMILES string of the molecule is Cc1ccc(C(=O)N2CCN(c3cccc4[nH]ccc34)CC2)nc1. The number of rotatable bonds is 2. The van der Waals surface area contributed by atoms with Crippen molar-refractivity contribution in [3.05, 3.63) is 60.0 Å². The molecule has 2 aromatic heterocycles. The molecule has 0 saturated carbocycles. The molecular weight excluding hydrogens is 300 g/mol. The number of piperazine rings is 1. The third-order valence-corrected chi connectivity index (χ3v) is 4.61. The van der Waals surface area contributed by atoms with Crippen molar-refractivity contribution in [1.29, 1.82) is 0 Å². The van der Waals surface area contributed by atoms with E-state index in [-0.39, 0.29) is 5.91 Å². The zero-order valence-corrected chi connectivity index (χ0v) is 13.7. The molecule has 24 heavy (non-hydrogen) atoms. The van der Waals surface area contributed by atoms with Crippen molar-refractivity contribution >= 4 is 22.5 Å². The molecule has 1 saturated heterocycles. The van der Waals surface area contributed by atoms with Gasteiger partial charge >= 0.3 is 0 Å². The van der Waals surface area contributed by atoms with Crippen molar-refractivity contribution in [2.75, 3.05) is 31.1 Å². The van der Waals surface area contributed by atoms with Crippen LogP contribution in [-0.4, -0.2) is 47.0 Å². The Morgan fingerprint density at radius 3 is 2.67 bits per heavy atom. The maximum absolute atomic E-state index is 12.6. The number of pyridine rings is 1. The maximum atomic E-state index is 12.6. The number of carbonyl (C=O) groups is 1. The highest BCUT2D eigenvalue weighted by Crippen LogP contribution is 2.27. The minimum Gasteiger partial charge on any atom is -0.367 e. The van der Waals surface area contributed by atoms with Crippen LogP contribution in [0.25, 0.3) is 10.9 Å². The number of nitrogens with one attached hydrogen (secondary N) is 1. The lowest BCUT2D eigenvalue weighted by molar-refractivity contribution is 0.0741. The zero-order valence-electron chi connectivity index (χ0n) is 13.7.